The lowest BCUT2D eigenvalue weighted by Gasteiger charge is -2.34. The van der Waals surface area contributed by atoms with Crippen molar-refractivity contribution in [3.05, 3.63) is 77.1 Å². The zero-order valence-electron chi connectivity index (χ0n) is 19.1. The molecular weight excluding hydrogens is 434 g/mol. The molecule has 0 radical (unpaired) electrons. The zero-order chi connectivity index (χ0) is 22.9. The molecule has 1 fully saturated rings. The van der Waals surface area contributed by atoms with Crippen LogP contribution in [0.4, 0.5) is 5.13 Å². The lowest BCUT2D eigenvalue weighted by atomic mass is 10.1. The minimum Gasteiger partial charge on any atom is -0.367 e. The van der Waals surface area contributed by atoms with Crippen LogP contribution in [0.1, 0.15) is 22.5 Å². The van der Waals surface area contributed by atoms with E-state index in [1.807, 2.05) is 30.3 Å². The normalized spacial score (nSPS) is 14.4. The number of carbonyl (C=O) groups excluding carboxylic acids is 1. The molecule has 1 amide bonds. The maximum atomic E-state index is 12.0. The number of hydrogen-bond acceptors (Lipinski definition) is 7. The van der Waals surface area contributed by atoms with E-state index < -0.39 is 0 Å². The Morgan fingerprint density at radius 1 is 1.03 bits per heavy atom. The number of nitrogens with zero attached hydrogens (tertiary/aromatic N) is 4. The van der Waals surface area contributed by atoms with E-state index in [9.17, 15) is 4.79 Å². The summed E-state index contributed by atoms with van der Waals surface area (Å²) in [6, 6.07) is 18.4. The van der Waals surface area contributed by atoms with Gasteiger partial charge in [-0.3, -0.25) is 9.69 Å². The van der Waals surface area contributed by atoms with Crippen LogP contribution >= 0.6 is 11.5 Å². The third kappa shape index (κ3) is 7.35. The van der Waals surface area contributed by atoms with E-state index >= 15 is 0 Å². The number of ether oxygens (including phenoxy) is 1. The minimum atomic E-state index is -0.0699. The van der Waals surface area contributed by atoms with Crippen LogP contribution in [0.3, 0.4) is 0 Å². The van der Waals surface area contributed by atoms with E-state index in [4.69, 9.17) is 9.72 Å². The molecular formula is C25H31N5O2S. The Morgan fingerprint density at radius 3 is 2.55 bits per heavy atom. The fraction of sp³-hybridized carbons (Fsp3) is 0.400. The van der Waals surface area contributed by atoms with Crippen molar-refractivity contribution < 1.29 is 9.53 Å². The van der Waals surface area contributed by atoms with Gasteiger partial charge in [-0.1, -0.05) is 60.2 Å². The van der Waals surface area contributed by atoms with Crippen molar-refractivity contribution in [2.24, 2.45) is 0 Å². The van der Waals surface area contributed by atoms with E-state index in [0.717, 1.165) is 55.7 Å². The molecule has 0 aliphatic carbocycles. The smallest absolute Gasteiger partial charge is 0.246 e. The molecule has 0 saturated carbocycles. The van der Waals surface area contributed by atoms with Crippen molar-refractivity contribution in [3.8, 4) is 0 Å². The highest BCUT2D eigenvalue weighted by molar-refractivity contribution is 7.09. The molecule has 0 atom stereocenters. The molecule has 4 rings (SSSR count). The molecule has 0 bridgehead atoms. The van der Waals surface area contributed by atoms with Gasteiger partial charge in [-0.25, -0.2) is 4.98 Å². The Kier molecular flexibility index (Phi) is 8.41. The number of benzene rings is 2. The van der Waals surface area contributed by atoms with E-state index in [1.165, 1.54) is 22.7 Å². The van der Waals surface area contributed by atoms with Gasteiger partial charge in [-0.15, -0.1) is 0 Å². The van der Waals surface area contributed by atoms with Gasteiger partial charge in [0.1, 0.15) is 12.4 Å². The second kappa shape index (κ2) is 11.9. The lowest BCUT2D eigenvalue weighted by molar-refractivity contribution is -0.126. The molecule has 33 heavy (non-hydrogen) atoms. The summed E-state index contributed by atoms with van der Waals surface area (Å²) in [5, 5.41) is 3.95. The Balaban J connectivity index is 1.11. The van der Waals surface area contributed by atoms with Gasteiger partial charge in [0.15, 0.2) is 0 Å². The van der Waals surface area contributed by atoms with Crippen LogP contribution in [0.2, 0.25) is 0 Å². The van der Waals surface area contributed by atoms with Gasteiger partial charge >= 0.3 is 0 Å². The standard InChI is InChI=1S/C25H31N5O2S/c1-20-7-9-21(10-8-20)17-23-27-25(33-28-23)30-15-13-29(14-16-30)12-11-26-24(31)19-32-18-22-5-3-2-4-6-22/h2-10H,11-19H2,1H3,(H,26,31). The molecule has 2 heterocycles. The number of anilines is 1. The van der Waals surface area contributed by atoms with Gasteiger partial charge in [0, 0.05) is 57.2 Å². The zero-order valence-corrected chi connectivity index (χ0v) is 19.9. The maximum absolute atomic E-state index is 12.0. The Hall–Kier alpha value is -2.81. The second-order valence-corrected chi connectivity index (χ2v) is 9.04. The average molecular weight is 466 g/mol. The first-order chi connectivity index (χ1) is 16.2. The van der Waals surface area contributed by atoms with Gasteiger partial charge in [0.05, 0.1) is 6.61 Å². The first kappa shape index (κ1) is 23.4. The fourth-order valence-electron chi connectivity index (χ4n) is 3.74. The minimum absolute atomic E-state index is 0.0699. The number of amides is 1. The van der Waals surface area contributed by atoms with E-state index in [1.54, 1.807) is 0 Å². The summed E-state index contributed by atoms with van der Waals surface area (Å²) in [7, 11) is 0. The van der Waals surface area contributed by atoms with Crippen LogP contribution in [0.25, 0.3) is 0 Å². The van der Waals surface area contributed by atoms with E-state index in [-0.39, 0.29) is 12.5 Å². The quantitative estimate of drug-likeness (QED) is 0.497. The SMILES string of the molecule is Cc1ccc(Cc2nsc(N3CCN(CCNC(=O)COCc4ccccc4)CC3)n2)cc1. The molecule has 1 aromatic heterocycles. The van der Waals surface area contributed by atoms with Crippen LogP contribution in [-0.4, -0.2) is 66.0 Å². The predicted octanol–water partition coefficient (Wildman–Crippen LogP) is 2.89. The molecule has 7 nitrogen and oxygen atoms in total. The fourth-order valence-corrected chi connectivity index (χ4v) is 4.47. The monoisotopic (exact) mass is 465 g/mol. The Morgan fingerprint density at radius 2 is 1.79 bits per heavy atom. The number of hydrogen-bond donors (Lipinski definition) is 1. The van der Waals surface area contributed by atoms with Gasteiger partial charge < -0.3 is 15.0 Å². The first-order valence-corrected chi connectivity index (χ1v) is 12.2. The largest absolute Gasteiger partial charge is 0.367 e. The van der Waals surface area contributed by atoms with Crippen LogP contribution in [-0.2, 0) is 22.6 Å². The Labute approximate surface area is 199 Å². The number of nitrogens with one attached hydrogen (secondary N) is 1. The highest BCUT2D eigenvalue weighted by Gasteiger charge is 2.20. The van der Waals surface area contributed by atoms with Crippen LogP contribution in [0.5, 0.6) is 0 Å². The van der Waals surface area contributed by atoms with Crippen LogP contribution in [0.15, 0.2) is 54.6 Å². The maximum Gasteiger partial charge on any atom is 0.246 e. The summed E-state index contributed by atoms with van der Waals surface area (Å²) in [5.41, 5.74) is 3.57. The van der Waals surface area contributed by atoms with Crippen LogP contribution < -0.4 is 10.2 Å². The van der Waals surface area contributed by atoms with Gasteiger partial charge in [0.25, 0.3) is 0 Å². The number of carbonyl (C=O) groups is 1. The molecule has 1 N–H and O–H groups in total. The molecule has 1 aliphatic heterocycles. The number of aryl methyl sites for hydroxylation is 1. The summed E-state index contributed by atoms with van der Waals surface area (Å²) in [6.45, 7) is 7.86. The summed E-state index contributed by atoms with van der Waals surface area (Å²) in [6.07, 6.45) is 0.769. The second-order valence-electron chi connectivity index (χ2n) is 8.31. The van der Waals surface area contributed by atoms with Crippen molar-refractivity contribution >= 4 is 22.6 Å². The molecule has 0 unspecified atom stereocenters. The van der Waals surface area contributed by atoms with E-state index in [2.05, 4.69) is 50.7 Å². The van der Waals surface area contributed by atoms with Crippen molar-refractivity contribution in [1.82, 2.24) is 19.6 Å². The number of aromatic nitrogens is 2. The van der Waals surface area contributed by atoms with Crippen molar-refractivity contribution in [1.29, 1.82) is 0 Å². The molecule has 8 heteroatoms. The summed E-state index contributed by atoms with van der Waals surface area (Å²) in [5.74, 6) is 0.818. The molecule has 1 aliphatic rings. The topological polar surface area (TPSA) is 70.6 Å². The van der Waals surface area contributed by atoms with Crippen molar-refractivity contribution in [2.75, 3.05) is 50.8 Å². The van der Waals surface area contributed by atoms with Crippen molar-refractivity contribution in [3.63, 3.8) is 0 Å². The Bertz CT molecular complexity index is 1000. The van der Waals surface area contributed by atoms with Gasteiger partial charge in [-0.05, 0) is 18.1 Å². The third-order valence-electron chi connectivity index (χ3n) is 5.68. The molecule has 1 saturated heterocycles. The highest BCUT2D eigenvalue weighted by atomic mass is 32.1. The molecule has 3 aromatic rings. The predicted molar refractivity (Wildman–Crippen MR) is 132 cm³/mol. The highest BCUT2D eigenvalue weighted by Crippen LogP contribution is 2.20. The average Bonchev–Trinajstić information content (AvgIpc) is 3.30. The molecule has 2 aromatic carbocycles. The van der Waals surface area contributed by atoms with Crippen LogP contribution in [0, 0.1) is 6.92 Å². The van der Waals surface area contributed by atoms with E-state index in [0.29, 0.717) is 13.2 Å². The van der Waals surface area contributed by atoms with Gasteiger partial charge in [0.2, 0.25) is 11.0 Å². The third-order valence-corrected chi connectivity index (χ3v) is 6.49. The summed E-state index contributed by atoms with van der Waals surface area (Å²) in [4.78, 5) is 21.4. The van der Waals surface area contributed by atoms with Crippen molar-refractivity contribution in [2.45, 2.75) is 20.0 Å². The summed E-state index contributed by atoms with van der Waals surface area (Å²) >= 11 is 1.48. The number of rotatable bonds is 10. The van der Waals surface area contributed by atoms with Gasteiger partial charge in [-0.2, -0.15) is 4.37 Å². The molecule has 174 valence electrons. The lowest BCUT2D eigenvalue weighted by Crippen LogP contribution is -2.48. The first-order valence-electron chi connectivity index (χ1n) is 11.4. The number of piperazine rings is 1. The summed E-state index contributed by atoms with van der Waals surface area (Å²) < 4.78 is 10.0. The molecule has 0 spiro atoms.